The molecule has 1 aliphatic heterocycles. The summed E-state index contributed by atoms with van der Waals surface area (Å²) in [7, 11) is 1.44. The standard InChI is InChI=1S/C32H34ClNO5/c1-7-15-39-23-10-8-9-22(18-23)34-27(20-11-13-21(14-12-20)32(3,4)5)26(29(36)31(34)37)28(35)24-16-19(2)17-25(33)30(24)38-6/h8-14,16-18,27,35H,7,15H2,1-6H3/b28-26+. The number of halogens is 1. The van der Waals surface area contributed by atoms with Gasteiger partial charge in [0.1, 0.15) is 17.3 Å². The monoisotopic (exact) mass is 547 g/mol. The van der Waals surface area contributed by atoms with Crippen LogP contribution < -0.4 is 14.4 Å². The zero-order chi connectivity index (χ0) is 28.5. The molecular weight excluding hydrogens is 514 g/mol. The molecule has 0 saturated carbocycles. The van der Waals surface area contributed by atoms with Gasteiger partial charge in [-0.2, -0.15) is 0 Å². The minimum atomic E-state index is -0.885. The summed E-state index contributed by atoms with van der Waals surface area (Å²) in [6.45, 7) is 10.7. The third kappa shape index (κ3) is 5.52. The Balaban J connectivity index is 1.96. The molecule has 0 spiro atoms. The quantitative estimate of drug-likeness (QED) is 0.190. The lowest BCUT2D eigenvalue weighted by Gasteiger charge is -2.27. The molecule has 6 nitrogen and oxygen atoms in total. The van der Waals surface area contributed by atoms with Gasteiger partial charge in [-0.25, -0.2) is 0 Å². The van der Waals surface area contributed by atoms with Crippen molar-refractivity contribution < 1.29 is 24.2 Å². The number of benzene rings is 3. The Morgan fingerprint density at radius 1 is 1.05 bits per heavy atom. The third-order valence-electron chi connectivity index (χ3n) is 6.75. The number of nitrogens with zero attached hydrogens (tertiary/aromatic N) is 1. The normalized spacial score (nSPS) is 17.0. The molecule has 1 aliphatic rings. The Morgan fingerprint density at radius 2 is 1.74 bits per heavy atom. The first kappa shape index (κ1) is 28.2. The maximum Gasteiger partial charge on any atom is 0.300 e. The first-order chi connectivity index (χ1) is 18.5. The SMILES string of the molecule is CCCOc1cccc(N2C(=O)C(=O)/C(=C(/O)c3cc(C)cc(Cl)c3OC)C2c2ccc(C(C)(C)C)cc2)c1. The second-order valence-corrected chi connectivity index (χ2v) is 11.1. The molecule has 204 valence electrons. The molecule has 3 aromatic rings. The molecule has 1 heterocycles. The average Bonchev–Trinajstić information content (AvgIpc) is 3.16. The Hall–Kier alpha value is -3.77. The lowest BCUT2D eigenvalue weighted by Crippen LogP contribution is -2.29. The van der Waals surface area contributed by atoms with Gasteiger partial charge >= 0.3 is 0 Å². The van der Waals surface area contributed by atoms with E-state index in [1.807, 2.05) is 44.2 Å². The Bertz CT molecular complexity index is 1440. The van der Waals surface area contributed by atoms with Gasteiger partial charge < -0.3 is 14.6 Å². The smallest absolute Gasteiger partial charge is 0.300 e. The highest BCUT2D eigenvalue weighted by molar-refractivity contribution is 6.51. The number of amides is 1. The van der Waals surface area contributed by atoms with Gasteiger partial charge in [0, 0.05) is 11.8 Å². The fraction of sp³-hybridized carbons (Fsp3) is 0.312. The zero-order valence-electron chi connectivity index (χ0n) is 23.2. The molecule has 7 heteroatoms. The van der Waals surface area contributed by atoms with Crippen molar-refractivity contribution in [2.45, 2.75) is 52.5 Å². The van der Waals surface area contributed by atoms with Crippen molar-refractivity contribution in [1.29, 1.82) is 0 Å². The number of Topliss-reactive ketones (excluding diaryl/α,β-unsaturated/α-hetero) is 1. The second kappa shape index (κ2) is 11.1. The van der Waals surface area contributed by atoms with Crippen molar-refractivity contribution in [2.75, 3.05) is 18.6 Å². The lowest BCUT2D eigenvalue weighted by molar-refractivity contribution is -0.132. The molecule has 1 amide bonds. The topological polar surface area (TPSA) is 76.1 Å². The molecular formula is C32H34ClNO5. The minimum absolute atomic E-state index is 0.0386. The molecule has 0 aliphatic carbocycles. The predicted molar refractivity (Wildman–Crippen MR) is 155 cm³/mol. The van der Waals surface area contributed by atoms with Crippen molar-refractivity contribution in [2.24, 2.45) is 0 Å². The number of aryl methyl sites for hydroxylation is 1. The molecule has 3 aromatic carbocycles. The van der Waals surface area contributed by atoms with Gasteiger partial charge in [-0.3, -0.25) is 14.5 Å². The Kier molecular flexibility index (Phi) is 8.07. The van der Waals surface area contributed by atoms with Crippen LogP contribution in [-0.2, 0) is 15.0 Å². The number of anilines is 1. The number of methoxy groups -OCH3 is 1. The van der Waals surface area contributed by atoms with Crippen LogP contribution in [0.3, 0.4) is 0 Å². The van der Waals surface area contributed by atoms with Crippen LogP contribution in [-0.4, -0.2) is 30.5 Å². The lowest BCUT2D eigenvalue weighted by atomic mass is 9.85. The number of carbonyl (C=O) groups is 2. The minimum Gasteiger partial charge on any atom is -0.507 e. The van der Waals surface area contributed by atoms with Crippen molar-refractivity contribution in [1.82, 2.24) is 0 Å². The number of aliphatic hydroxyl groups excluding tert-OH is 1. The van der Waals surface area contributed by atoms with E-state index in [-0.39, 0.29) is 28.1 Å². The second-order valence-electron chi connectivity index (χ2n) is 10.7. The fourth-order valence-corrected chi connectivity index (χ4v) is 5.13. The highest BCUT2D eigenvalue weighted by Gasteiger charge is 2.47. The van der Waals surface area contributed by atoms with Crippen LogP contribution in [0.25, 0.3) is 5.76 Å². The summed E-state index contributed by atoms with van der Waals surface area (Å²) in [5, 5.41) is 11.9. The van der Waals surface area contributed by atoms with Crippen molar-refractivity contribution in [3.05, 3.63) is 93.5 Å². The average molecular weight is 548 g/mol. The summed E-state index contributed by atoms with van der Waals surface area (Å²) in [6.07, 6.45) is 0.829. The van der Waals surface area contributed by atoms with E-state index in [1.165, 1.54) is 12.0 Å². The third-order valence-corrected chi connectivity index (χ3v) is 7.03. The molecule has 0 radical (unpaired) electrons. The van der Waals surface area contributed by atoms with E-state index in [9.17, 15) is 14.7 Å². The maximum absolute atomic E-state index is 13.6. The molecule has 0 bridgehead atoms. The summed E-state index contributed by atoms with van der Waals surface area (Å²) in [4.78, 5) is 28.7. The van der Waals surface area contributed by atoms with Crippen LogP contribution in [0.1, 0.15) is 62.4 Å². The number of ether oxygens (including phenoxy) is 2. The van der Waals surface area contributed by atoms with Gasteiger partial charge in [-0.05, 0) is 59.7 Å². The van der Waals surface area contributed by atoms with Crippen LogP contribution >= 0.6 is 11.6 Å². The largest absolute Gasteiger partial charge is 0.507 e. The van der Waals surface area contributed by atoms with Gasteiger partial charge in [0.2, 0.25) is 0 Å². The number of rotatable bonds is 7. The number of aliphatic hydroxyl groups is 1. The molecule has 39 heavy (non-hydrogen) atoms. The summed E-state index contributed by atoms with van der Waals surface area (Å²) in [5.74, 6) is -1.07. The Labute approximate surface area is 234 Å². The van der Waals surface area contributed by atoms with E-state index in [1.54, 1.807) is 30.3 Å². The van der Waals surface area contributed by atoms with E-state index >= 15 is 0 Å². The summed E-state index contributed by atoms with van der Waals surface area (Å²) in [5.41, 5.74) is 3.16. The molecule has 1 fully saturated rings. The number of hydrogen-bond acceptors (Lipinski definition) is 5. The summed E-state index contributed by atoms with van der Waals surface area (Å²) in [6, 6.07) is 17.4. The molecule has 1 saturated heterocycles. The van der Waals surface area contributed by atoms with Gasteiger partial charge in [0.15, 0.2) is 0 Å². The highest BCUT2D eigenvalue weighted by Crippen LogP contribution is 2.45. The number of hydrogen-bond donors (Lipinski definition) is 1. The summed E-state index contributed by atoms with van der Waals surface area (Å²) >= 11 is 6.41. The molecule has 1 atom stereocenters. The van der Waals surface area contributed by atoms with Crippen LogP contribution in [0.2, 0.25) is 5.02 Å². The fourth-order valence-electron chi connectivity index (χ4n) is 4.78. The predicted octanol–water partition coefficient (Wildman–Crippen LogP) is 7.37. The molecule has 1 N–H and O–H groups in total. The van der Waals surface area contributed by atoms with Crippen LogP contribution in [0.15, 0.2) is 66.2 Å². The number of ketones is 1. The summed E-state index contributed by atoms with van der Waals surface area (Å²) < 4.78 is 11.3. The van der Waals surface area contributed by atoms with E-state index < -0.39 is 17.7 Å². The molecule has 0 aromatic heterocycles. The van der Waals surface area contributed by atoms with E-state index in [4.69, 9.17) is 21.1 Å². The van der Waals surface area contributed by atoms with Crippen LogP contribution in [0, 0.1) is 6.92 Å². The van der Waals surface area contributed by atoms with Crippen molar-refractivity contribution >= 4 is 34.7 Å². The van der Waals surface area contributed by atoms with Gasteiger partial charge in [0.25, 0.3) is 11.7 Å². The molecule has 4 rings (SSSR count). The van der Waals surface area contributed by atoms with Gasteiger partial charge in [-0.1, -0.05) is 69.6 Å². The number of carbonyl (C=O) groups excluding carboxylic acids is 2. The van der Waals surface area contributed by atoms with E-state index in [0.717, 1.165) is 17.5 Å². The highest BCUT2D eigenvalue weighted by atomic mass is 35.5. The van der Waals surface area contributed by atoms with E-state index in [2.05, 4.69) is 20.8 Å². The van der Waals surface area contributed by atoms with Gasteiger partial charge in [0.05, 0.1) is 35.9 Å². The molecule has 1 unspecified atom stereocenters. The van der Waals surface area contributed by atoms with Gasteiger partial charge in [-0.15, -0.1) is 0 Å². The van der Waals surface area contributed by atoms with E-state index in [0.29, 0.717) is 28.6 Å². The van der Waals surface area contributed by atoms with Crippen LogP contribution in [0.4, 0.5) is 5.69 Å². The Morgan fingerprint density at radius 3 is 2.36 bits per heavy atom. The zero-order valence-corrected chi connectivity index (χ0v) is 23.9. The van der Waals surface area contributed by atoms with Crippen molar-refractivity contribution in [3.8, 4) is 11.5 Å². The van der Waals surface area contributed by atoms with Crippen LogP contribution in [0.5, 0.6) is 11.5 Å². The maximum atomic E-state index is 13.6. The first-order valence-electron chi connectivity index (χ1n) is 13.0. The first-order valence-corrected chi connectivity index (χ1v) is 13.3. The van der Waals surface area contributed by atoms with Crippen molar-refractivity contribution in [3.63, 3.8) is 0 Å².